The van der Waals surface area contributed by atoms with Crippen molar-refractivity contribution in [2.45, 2.75) is 36.6 Å². The fourth-order valence-corrected chi connectivity index (χ4v) is 5.93. The number of methoxy groups -OCH3 is 1. The maximum atomic E-state index is 13.3. The third kappa shape index (κ3) is 4.61. The molecule has 0 spiro atoms. The summed E-state index contributed by atoms with van der Waals surface area (Å²) < 4.78 is 31.9. The summed E-state index contributed by atoms with van der Waals surface area (Å²) >= 11 is 0. The predicted octanol–water partition coefficient (Wildman–Crippen LogP) is 2.28. The first-order valence-electron chi connectivity index (χ1n) is 11.4. The molecule has 2 aromatic carbocycles. The van der Waals surface area contributed by atoms with E-state index < -0.39 is 40.0 Å². The first-order chi connectivity index (χ1) is 16.7. The molecular formula is C24H28N4O6S. The zero-order chi connectivity index (χ0) is 25.2. The van der Waals surface area contributed by atoms with Gasteiger partial charge in [-0.05, 0) is 61.2 Å². The van der Waals surface area contributed by atoms with Crippen LogP contribution in [0.2, 0.25) is 0 Å². The van der Waals surface area contributed by atoms with E-state index in [0.717, 1.165) is 17.7 Å². The molecule has 0 bridgehead atoms. The number of amides is 4. The number of anilines is 1. The lowest BCUT2D eigenvalue weighted by atomic mass is 9.87. The summed E-state index contributed by atoms with van der Waals surface area (Å²) in [6.07, 6.45) is 1.98. The van der Waals surface area contributed by atoms with E-state index in [1.54, 1.807) is 31.2 Å². The Morgan fingerprint density at radius 2 is 1.69 bits per heavy atom. The third-order valence-electron chi connectivity index (χ3n) is 6.43. The minimum Gasteiger partial charge on any atom is -0.497 e. The lowest BCUT2D eigenvalue weighted by Gasteiger charge is -2.26. The number of sulfonamides is 1. The second kappa shape index (κ2) is 9.67. The van der Waals surface area contributed by atoms with Crippen LogP contribution in [0.1, 0.15) is 31.7 Å². The van der Waals surface area contributed by atoms with Gasteiger partial charge < -0.3 is 15.4 Å². The number of imide groups is 1. The summed E-state index contributed by atoms with van der Waals surface area (Å²) in [6.45, 7) is 2.31. The molecule has 0 unspecified atom stereocenters. The molecule has 0 aromatic heterocycles. The smallest absolute Gasteiger partial charge is 0.325 e. The fourth-order valence-electron chi connectivity index (χ4n) is 4.42. The lowest BCUT2D eigenvalue weighted by Crippen LogP contribution is -2.44. The highest BCUT2D eigenvalue weighted by atomic mass is 32.2. The van der Waals surface area contributed by atoms with Crippen molar-refractivity contribution in [3.05, 3.63) is 54.1 Å². The summed E-state index contributed by atoms with van der Waals surface area (Å²) in [5.74, 6) is -0.477. The van der Waals surface area contributed by atoms with Crippen LogP contribution in [-0.4, -0.2) is 62.2 Å². The Hall–Kier alpha value is -3.44. The fraction of sp³-hybridized carbons (Fsp3) is 0.375. The van der Waals surface area contributed by atoms with Crippen molar-refractivity contribution >= 4 is 33.6 Å². The molecule has 0 saturated carbocycles. The molecule has 186 valence electrons. The molecule has 11 heteroatoms. The zero-order valence-electron chi connectivity index (χ0n) is 19.6. The topological polar surface area (TPSA) is 125 Å². The molecule has 0 aliphatic carbocycles. The molecule has 2 fully saturated rings. The Bertz CT molecular complexity index is 1220. The summed E-state index contributed by atoms with van der Waals surface area (Å²) in [4.78, 5) is 39.6. The molecule has 35 heavy (non-hydrogen) atoms. The molecular weight excluding hydrogens is 472 g/mol. The molecule has 4 amide bonds. The molecule has 4 rings (SSSR count). The Labute approximate surface area is 204 Å². The summed E-state index contributed by atoms with van der Waals surface area (Å²) in [7, 11) is -2.02. The Morgan fingerprint density at radius 3 is 2.26 bits per heavy atom. The van der Waals surface area contributed by atoms with E-state index in [1.165, 1.54) is 35.7 Å². The van der Waals surface area contributed by atoms with Crippen LogP contribution in [0, 0.1) is 0 Å². The van der Waals surface area contributed by atoms with Gasteiger partial charge in [0.2, 0.25) is 15.9 Å². The Kier molecular flexibility index (Phi) is 6.82. The second-order valence-electron chi connectivity index (χ2n) is 8.49. The van der Waals surface area contributed by atoms with Gasteiger partial charge in [-0.3, -0.25) is 14.5 Å². The molecule has 10 nitrogen and oxygen atoms in total. The minimum atomic E-state index is -3.56. The monoisotopic (exact) mass is 500 g/mol. The van der Waals surface area contributed by atoms with Gasteiger partial charge in [-0.25, -0.2) is 13.2 Å². The molecule has 2 heterocycles. The van der Waals surface area contributed by atoms with E-state index in [4.69, 9.17) is 4.74 Å². The molecule has 2 aliphatic heterocycles. The highest BCUT2D eigenvalue weighted by Crippen LogP contribution is 2.33. The average molecular weight is 501 g/mol. The van der Waals surface area contributed by atoms with Crippen LogP contribution in [0.25, 0.3) is 0 Å². The Morgan fingerprint density at radius 1 is 1.06 bits per heavy atom. The number of hydrogen-bond donors (Lipinski definition) is 2. The number of nitrogens with zero attached hydrogens (tertiary/aromatic N) is 2. The number of ether oxygens (including phenoxy) is 1. The largest absolute Gasteiger partial charge is 0.497 e. The number of benzene rings is 2. The first-order valence-corrected chi connectivity index (χ1v) is 12.8. The number of rotatable bonds is 8. The standard InChI is InChI=1S/C24H28N4O6S/c1-3-24(17-6-10-19(34-2)11-7-17)22(30)28(23(31)26-24)16-21(29)25-18-8-12-20(13-9-18)35(32,33)27-14-4-5-15-27/h6-13H,3-5,14-16H2,1-2H3,(H,25,29)(H,26,31)/t24-/m1/s1. The van der Waals surface area contributed by atoms with Crippen molar-refractivity contribution in [1.82, 2.24) is 14.5 Å². The van der Waals surface area contributed by atoms with Gasteiger partial charge in [0.15, 0.2) is 0 Å². The van der Waals surface area contributed by atoms with Crippen LogP contribution in [0.5, 0.6) is 5.75 Å². The maximum Gasteiger partial charge on any atom is 0.325 e. The van der Waals surface area contributed by atoms with Crippen molar-refractivity contribution in [1.29, 1.82) is 0 Å². The van der Waals surface area contributed by atoms with Gasteiger partial charge >= 0.3 is 6.03 Å². The highest BCUT2D eigenvalue weighted by molar-refractivity contribution is 7.89. The minimum absolute atomic E-state index is 0.152. The number of hydrogen-bond acceptors (Lipinski definition) is 6. The second-order valence-corrected chi connectivity index (χ2v) is 10.4. The van der Waals surface area contributed by atoms with Gasteiger partial charge in [-0.15, -0.1) is 0 Å². The number of nitrogens with one attached hydrogen (secondary N) is 2. The SMILES string of the molecule is CC[C@]1(c2ccc(OC)cc2)NC(=O)N(CC(=O)Nc2ccc(S(=O)(=O)N3CCCC3)cc2)C1=O. The van der Waals surface area contributed by atoms with Gasteiger partial charge in [-0.2, -0.15) is 4.31 Å². The molecule has 2 aromatic rings. The maximum absolute atomic E-state index is 13.3. The van der Waals surface area contributed by atoms with Gasteiger partial charge in [-0.1, -0.05) is 19.1 Å². The normalized spacial score (nSPS) is 20.7. The van der Waals surface area contributed by atoms with Gasteiger partial charge in [0, 0.05) is 18.8 Å². The van der Waals surface area contributed by atoms with E-state index in [2.05, 4.69) is 10.6 Å². The first kappa shape index (κ1) is 24.7. The number of carbonyl (C=O) groups excluding carboxylic acids is 3. The van der Waals surface area contributed by atoms with E-state index in [1.807, 2.05) is 0 Å². The molecule has 2 saturated heterocycles. The van der Waals surface area contributed by atoms with Crippen molar-refractivity contribution in [2.24, 2.45) is 0 Å². The third-order valence-corrected chi connectivity index (χ3v) is 8.34. The van der Waals surface area contributed by atoms with Crippen LogP contribution in [-0.2, 0) is 25.2 Å². The Balaban J connectivity index is 1.44. The summed E-state index contributed by atoms with van der Waals surface area (Å²) in [5.41, 5.74) is -0.314. The lowest BCUT2D eigenvalue weighted by molar-refractivity contribution is -0.134. The summed E-state index contributed by atoms with van der Waals surface area (Å²) in [6, 6.07) is 12.0. The van der Waals surface area contributed by atoms with Gasteiger partial charge in [0.25, 0.3) is 5.91 Å². The van der Waals surface area contributed by atoms with E-state index in [9.17, 15) is 22.8 Å². The molecule has 2 N–H and O–H groups in total. The van der Waals surface area contributed by atoms with E-state index in [-0.39, 0.29) is 4.90 Å². The molecule has 1 atom stereocenters. The van der Waals surface area contributed by atoms with Gasteiger partial charge in [0.05, 0.1) is 12.0 Å². The summed E-state index contributed by atoms with van der Waals surface area (Å²) in [5, 5.41) is 5.36. The number of urea groups is 1. The zero-order valence-corrected chi connectivity index (χ0v) is 20.4. The van der Waals surface area contributed by atoms with Crippen molar-refractivity contribution < 1.29 is 27.5 Å². The van der Waals surface area contributed by atoms with Crippen LogP contribution < -0.4 is 15.4 Å². The average Bonchev–Trinajstić information content (AvgIpc) is 3.49. The number of carbonyl (C=O) groups is 3. The van der Waals surface area contributed by atoms with Crippen LogP contribution >= 0.6 is 0 Å². The highest BCUT2D eigenvalue weighted by Gasteiger charge is 2.51. The van der Waals surface area contributed by atoms with E-state index in [0.29, 0.717) is 36.5 Å². The van der Waals surface area contributed by atoms with Crippen molar-refractivity contribution in [3.63, 3.8) is 0 Å². The van der Waals surface area contributed by atoms with E-state index >= 15 is 0 Å². The predicted molar refractivity (Wildman–Crippen MR) is 128 cm³/mol. The van der Waals surface area contributed by atoms with Crippen molar-refractivity contribution in [2.75, 3.05) is 32.1 Å². The molecule has 2 aliphatic rings. The van der Waals surface area contributed by atoms with Crippen molar-refractivity contribution in [3.8, 4) is 5.75 Å². The van der Waals surface area contributed by atoms with Crippen LogP contribution in [0.15, 0.2) is 53.4 Å². The van der Waals surface area contributed by atoms with Crippen LogP contribution in [0.3, 0.4) is 0 Å². The molecule has 0 radical (unpaired) electrons. The van der Waals surface area contributed by atoms with Crippen LogP contribution in [0.4, 0.5) is 10.5 Å². The quantitative estimate of drug-likeness (QED) is 0.536. The van der Waals surface area contributed by atoms with Gasteiger partial charge in [0.1, 0.15) is 17.8 Å².